The number of hydrogen-bond donors (Lipinski definition) is 3. The molecule has 1 amide bonds. The number of para-hydroxylation sites is 1. The van der Waals surface area contributed by atoms with Crippen molar-refractivity contribution >= 4 is 11.6 Å². The Kier molecular flexibility index (Phi) is 6.32. The van der Waals surface area contributed by atoms with Crippen LogP contribution in [0, 0.1) is 5.82 Å². The molecular formula is C13H19FN2O2. The summed E-state index contributed by atoms with van der Waals surface area (Å²) in [7, 11) is 0. The van der Waals surface area contributed by atoms with Gasteiger partial charge in [-0.25, -0.2) is 4.39 Å². The molecule has 0 aliphatic carbocycles. The molecule has 0 radical (unpaired) electrons. The lowest BCUT2D eigenvalue weighted by Crippen LogP contribution is -2.34. The molecule has 1 aromatic rings. The SMILES string of the molecule is CC(CCCO)NCC(=O)Nc1ccccc1F. The molecule has 5 heteroatoms. The number of carbonyl (C=O) groups excluding carboxylic acids is 1. The second-order valence-electron chi connectivity index (χ2n) is 4.18. The molecular weight excluding hydrogens is 235 g/mol. The maximum Gasteiger partial charge on any atom is 0.238 e. The molecule has 18 heavy (non-hydrogen) atoms. The molecule has 3 N–H and O–H groups in total. The fourth-order valence-electron chi connectivity index (χ4n) is 1.52. The highest BCUT2D eigenvalue weighted by Crippen LogP contribution is 2.11. The average molecular weight is 254 g/mol. The van der Waals surface area contributed by atoms with Crippen molar-refractivity contribution in [3.8, 4) is 0 Å². The van der Waals surface area contributed by atoms with E-state index < -0.39 is 5.82 Å². The molecule has 0 aliphatic heterocycles. The number of amides is 1. The van der Waals surface area contributed by atoms with Crippen molar-refractivity contribution in [2.45, 2.75) is 25.8 Å². The van der Waals surface area contributed by atoms with Crippen LogP contribution < -0.4 is 10.6 Å². The highest BCUT2D eigenvalue weighted by Gasteiger charge is 2.07. The van der Waals surface area contributed by atoms with E-state index in [0.29, 0.717) is 6.42 Å². The molecule has 0 fully saturated rings. The van der Waals surface area contributed by atoms with Crippen molar-refractivity contribution in [3.05, 3.63) is 30.1 Å². The minimum atomic E-state index is -0.445. The van der Waals surface area contributed by atoms with Crippen LogP contribution in [0.1, 0.15) is 19.8 Å². The van der Waals surface area contributed by atoms with Crippen LogP contribution in [0.4, 0.5) is 10.1 Å². The molecule has 100 valence electrons. The third kappa shape index (κ3) is 5.25. The van der Waals surface area contributed by atoms with Crippen LogP contribution in [0.2, 0.25) is 0 Å². The Hall–Kier alpha value is -1.46. The highest BCUT2D eigenvalue weighted by molar-refractivity contribution is 5.92. The number of nitrogens with one attached hydrogen (secondary N) is 2. The number of rotatable bonds is 7. The summed E-state index contributed by atoms with van der Waals surface area (Å²) in [4.78, 5) is 11.6. The van der Waals surface area contributed by atoms with Gasteiger partial charge in [0.2, 0.25) is 5.91 Å². The van der Waals surface area contributed by atoms with Crippen LogP contribution in [0.5, 0.6) is 0 Å². The van der Waals surface area contributed by atoms with Gasteiger partial charge in [-0.3, -0.25) is 4.79 Å². The third-order valence-electron chi connectivity index (χ3n) is 2.55. The van der Waals surface area contributed by atoms with Crippen molar-refractivity contribution in [1.29, 1.82) is 0 Å². The lowest BCUT2D eigenvalue weighted by atomic mass is 10.2. The summed E-state index contributed by atoms with van der Waals surface area (Å²) < 4.78 is 13.3. The number of hydrogen-bond acceptors (Lipinski definition) is 3. The second-order valence-corrected chi connectivity index (χ2v) is 4.18. The van der Waals surface area contributed by atoms with E-state index in [1.165, 1.54) is 12.1 Å². The van der Waals surface area contributed by atoms with Gasteiger partial charge >= 0.3 is 0 Å². The topological polar surface area (TPSA) is 61.4 Å². The molecule has 1 atom stereocenters. The number of aliphatic hydroxyl groups is 1. The number of anilines is 1. The van der Waals surface area contributed by atoms with Gasteiger partial charge in [-0.1, -0.05) is 12.1 Å². The van der Waals surface area contributed by atoms with Crippen LogP contribution in [0.3, 0.4) is 0 Å². The van der Waals surface area contributed by atoms with E-state index in [2.05, 4.69) is 10.6 Å². The molecule has 1 aromatic carbocycles. The summed E-state index contributed by atoms with van der Waals surface area (Å²) in [6, 6.07) is 6.19. The van der Waals surface area contributed by atoms with Crippen molar-refractivity contribution in [1.82, 2.24) is 5.32 Å². The fourth-order valence-corrected chi connectivity index (χ4v) is 1.52. The molecule has 1 rings (SSSR count). The summed E-state index contributed by atoms with van der Waals surface area (Å²) >= 11 is 0. The van der Waals surface area contributed by atoms with Crippen LogP contribution in [-0.4, -0.2) is 30.2 Å². The predicted molar refractivity (Wildman–Crippen MR) is 68.8 cm³/mol. The first-order valence-corrected chi connectivity index (χ1v) is 6.02. The lowest BCUT2D eigenvalue weighted by molar-refractivity contribution is -0.115. The van der Waals surface area contributed by atoms with Crippen molar-refractivity contribution in [3.63, 3.8) is 0 Å². The van der Waals surface area contributed by atoms with E-state index in [-0.39, 0.29) is 30.8 Å². The van der Waals surface area contributed by atoms with Crippen LogP contribution >= 0.6 is 0 Å². The fraction of sp³-hybridized carbons (Fsp3) is 0.462. The molecule has 0 aromatic heterocycles. The zero-order valence-electron chi connectivity index (χ0n) is 10.4. The minimum Gasteiger partial charge on any atom is -0.396 e. The first-order chi connectivity index (χ1) is 8.63. The monoisotopic (exact) mass is 254 g/mol. The molecule has 0 bridgehead atoms. The summed E-state index contributed by atoms with van der Waals surface area (Å²) in [6.07, 6.45) is 1.49. The van der Waals surface area contributed by atoms with Crippen LogP contribution in [-0.2, 0) is 4.79 Å². The largest absolute Gasteiger partial charge is 0.396 e. The van der Waals surface area contributed by atoms with Crippen LogP contribution in [0.15, 0.2) is 24.3 Å². The van der Waals surface area contributed by atoms with E-state index in [4.69, 9.17) is 5.11 Å². The Morgan fingerprint density at radius 2 is 2.17 bits per heavy atom. The summed E-state index contributed by atoms with van der Waals surface area (Å²) in [5.41, 5.74) is 0.187. The van der Waals surface area contributed by atoms with E-state index in [9.17, 15) is 9.18 Å². The maximum atomic E-state index is 13.3. The number of aliphatic hydroxyl groups excluding tert-OH is 1. The molecule has 0 spiro atoms. The number of benzene rings is 1. The molecule has 4 nitrogen and oxygen atoms in total. The van der Waals surface area contributed by atoms with Gasteiger partial charge < -0.3 is 15.7 Å². The van der Waals surface area contributed by atoms with Crippen molar-refractivity contribution < 1.29 is 14.3 Å². The lowest BCUT2D eigenvalue weighted by Gasteiger charge is -2.13. The van der Waals surface area contributed by atoms with Gasteiger partial charge in [0.15, 0.2) is 0 Å². The highest BCUT2D eigenvalue weighted by atomic mass is 19.1. The quantitative estimate of drug-likeness (QED) is 0.691. The zero-order chi connectivity index (χ0) is 13.4. The van der Waals surface area contributed by atoms with Gasteiger partial charge in [0, 0.05) is 12.6 Å². The Bertz CT molecular complexity index is 385. The van der Waals surface area contributed by atoms with E-state index in [1.54, 1.807) is 12.1 Å². The third-order valence-corrected chi connectivity index (χ3v) is 2.55. The van der Waals surface area contributed by atoms with Gasteiger partial charge in [0.05, 0.1) is 12.2 Å². The van der Waals surface area contributed by atoms with Gasteiger partial charge in [0.1, 0.15) is 5.82 Å². The Labute approximate surface area is 106 Å². The first-order valence-electron chi connectivity index (χ1n) is 6.02. The van der Waals surface area contributed by atoms with E-state index in [0.717, 1.165) is 6.42 Å². The number of halogens is 1. The summed E-state index contributed by atoms with van der Waals surface area (Å²) in [6.45, 7) is 2.21. The molecule has 1 unspecified atom stereocenters. The Morgan fingerprint density at radius 3 is 2.83 bits per heavy atom. The standard InChI is InChI=1S/C13H19FN2O2/c1-10(5-4-8-17)15-9-13(18)16-12-7-3-2-6-11(12)14/h2-3,6-7,10,15,17H,4-5,8-9H2,1H3,(H,16,18). The van der Waals surface area contributed by atoms with Gasteiger partial charge in [0.25, 0.3) is 0 Å². The Balaban J connectivity index is 2.32. The van der Waals surface area contributed by atoms with Gasteiger partial charge in [-0.15, -0.1) is 0 Å². The Morgan fingerprint density at radius 1 is 1.44 bits per heavy atom. The second kappa shape index (κ2) is 7.79. The van der Waals surface area contributed by atoms with E-state index in [1.807, 2.05) is 6.92 Å². The smallest absolute Gasteiger partial charge is 0.238 e. The average Bonchev–Trinajstić information content (AvgIpc) is 2.36. The van der Waals surface area contributed by atoms with Crippen molar-refractivity contribution in [2.24, 2.45) is 0 Å². The molecule has 0 saturated heterocycles. The normalized spacial score (nSPS) is 12.2. The summed E-state index contributed by atoms with van der Waals surface area (Å²) in [5.74, 6) is -0.727. The maximum absolute atomic E-state index is 13.3. The molecule has 0 saturated carbocycles. The van der Waals surface area contributed by atoms with Gasteiger partial charge in [-0.05, 0) is 31.9 Å². The zero-order valence-corrected chi connectivity index (χ0v) is 10.4. The molecule has 0 aliphatic rings. The molecule has 0 heterocycles. The minimum absolute atomic E-state index is 0.126. The first kappa shape index (κ1) is 14.6. The predicted octanol–water partition coefficient (Wildman–Crippen LogP) is 1.51. The van der Waals surface area contributed by atoms with Crippen LogP contribution in [0.25, 0.3) is 0 Å². The number of carbonyl (C=O) groups is 1. The van der Waals surface area contributed by atoms with Crippen molar-refractivity contribution in [2.75, 3.05) is 18.5 Å². The van der Waals surface area contributed by atoms with Gasteiger partial charge in [-0.2, -0.15) is 0 Å². The van der Waals surface area contributed by atoms with E-state index >= 15 is 0 Å². The summed E-state index contributed by atoms with van der Waals surface area (Å²) in [5, 5.41) is 14.2.